The maximum absolute atomic E-state index is 12.5. The Labute approximate surface area is 159 Å². The molecule has 0 aromatic heterocycles. The first-order chi connectivity index (χ1) is 13.0. The van der Waals surface area contributed by atoms with Crippen molar-refractivity contribution in [3.05, 3.63) is 59.7 Å². The van der Waals surface area contributed by atoms with Crippen molar-refractivity contribution >= 4 is 11.6 Å². The molecule has 0 saturated carbocycles. The van der Waals surface area contributed by atoms with Crippen LogP contribution in [0.3, 0.4) is 0 Å². The van der Waals surface area contributed by atoms with Gasteiger partial charge in [0.1, 0.15) is 5.75 Å². The number of benzene rings is 2. The quantitative estimate of drug-likeness (QED) is 0.546. The number of para-hydroxylation sites is 1. The molecule has 0 bridgehead atoms. The maximum Gasteiger partial charge on any atom is 0.387 e. The lowest BCUT2D eigenvalue weighted by Crippen LogP contribution is -2.36. The fourth-order valence-corrected chi connectivity index (χ4v) is 2.45. The summed E-state index contributed by atoms with van der Waals surface area (Å²) in [6.07, 6.45) is 0. The average molecular weight is 376 g/mol. The molecule has 0 atom stereocenters. The van der Waals surface area contributed by atoms with Crippen molar-refractivity contribution in [3.8, 4) is 5.75 Å². The number of alkyl halides is 2. The van der Waals surface area contributed by atoms with Crippen molar-refractivity contribution in [2.75, 3.05) is 25.5 Å². The summed E-state index contributed by atoms with van der Waals surface area (Å²) in [7, 11) is 3.99. The van der Waals surface area contributed by atoms with Crippen molar-refractivity contribution in [1.82, 2.24) is 10.6 Å². The normalized spacial score (nSPS) is 11.4. The largest absolute Gasteiger partial charge is 0.434 e. The summed E-state index contributed by atoms with van der Waals surface area (Å²) in [5.74, 6) is 0.774. The van der Waals surface area contributed by atoms with Gasteiger partial charge in [-0.2, -0.15) is 8.78 Å². The van der Waals surface area contributed by atoms with Crippen LogP contribution >= 0.6 is 0 Å². The van der Waals surface area contributed by atoms with Crippen LogP contribution in [0.5, 0.6) is 5.75 Å². The number of nitrogens with one attached hydrogen (secondary N) is 2. The Balaban J connectivity index is 2.01. The minimum Gasteiger partial charge on any atom is -0.434 e. The second kappa shape index (κ2) is 10.4. The molecule has 0 heterocycles. The van der Waals surface area contributed by atoms with Crippen molar-refractivity contribution in [3.63, 3.8) is 0 Å². The van der Waals surface area contributed by atoms with E-state index in [1.54, 1.807) is 18.2 Å². The second-order valence-corrected chi connectivity index (χ2v) is 6.10. The lowest BCUT2D eigenvalue weighted by atomic mass is 10.2. The van der Waals surface area contributed by atoms with E-state index in [0.29, 0.717) is 31.2 Å². The topological polar surface area (TPSA) is 48.9 Å². The predicted molar refractivity (Wildman–Crippen MR) is 105 cm³/mol. The molecule has 2 rings (SSSR count). The Morgan fingerprint density at radius 3 is 2.41 bits per heavy atom. The van der Waals surface area contributed by atoms with E-state index in [1.165, 1.54) is 6.07 Å². The zero-order valence-electron chi connectivity index (χ0n) is 15.9. The van der Waals surface area contributed by atoms with Gasteiger partial charge in [0.05, 0.1) is 6.54 Å². The molecule has 0 radical (unpaired) electrons. The Kier molecular flexibility index (Phi) is 7.85. The second-order valence-electron chi connectivity index (χ2n) is 6.10. The first kappa shape index (κ1) is 20.5. The van der Waals surface area contributed by atoms with Crippen LogP contribution in [0.25, 0.3) is 0 Å². The van der Waals surface area contributed by atoms with Crippen LogP contribution in [0.2, 0.25) is 0 Å². The van der Waals surface area contributed by atoms with E-state index < -0.39 is 6.61 Å². The number of hydrogen-bond acceptors (Lipinski definition) is 3. The molecule has 0 aliphatic heterocycles. The number of halogens is 2. The standard InChI is InChI=1S/C20H26F2N4O/c1-4-23-20(24-13-15-9-11-17(12-10-15)26(2)3)25-14-16-7-5-6-8-18(16)27-19(21)22/h5-12,19H,4,13-14H2,1-3H3,(H2,23,24,25). The molecule has 27 heavy (non-hydrogen) atoms. The average Bonchev–Trinajstić information content (AvgIpc) is 2.65. The molecule has 0 fully saturated rings. The number of ether oxygens (including phenoxy) is 1. The lowest BCUT2D eigenvalue weighted by molar-refractivity contribution is -0.0504. The summed E-state index contributed by atoms with van der Waals surface area (Å²) >= 11 is 0. The third-order valence-electron chi connectivity index (χ3n) is 3.85. The number of nitrogens with zero attached hydrogens (tertiary/aromatic N) is 2. The van der Waals surface area contributed by atoms with Crippen LogP contribution in [0.4, 0.5) is 14.5 Å². The smallest absolute Gasteiger partial charge is 0.387 e. The first-order valence-corrected chi connectivity index (χ1v) is 8.80. The van der Waals surface area contributed by atoms with Gasteiger partial charge in [0.2, 0.25) is 0 Å². The molecular weight excluding hydrogens is 350 g/mol. The third kappa shape index (κ3) is 6.77. The third-order valence-corrected chi connectivity index (χ3v) is 3.85. The van der Waals surface area contributed by atoms with E-state index in [9.17, 15) is 8.78 Å². The number of rotatable bonds is 8. The molecule has 2 N–H and O–H groups in total. The molecule has 5 nitrogen and oxygen atoms in total. The van der Waals surface area contributed by atoms with Crippen LogP contribution in [0, 0.1) is 0 Å². The van der Waals surface area contributed by atoms with E-state index in [1.807, 2.05) is 50.2 Å². The highest BCUT2D eigenvalue weighted by atomic mass is 19.3. The van der Waals surface area contributed by atoms with Crippen LogP contribution in [0.1, 0.15) is 18.1 Å². The molecule has 2 aromatic carbocycles. The molecule has 0 spiro atoms. The SMILES string of the molecule is CCNC(=NCc1ccc(N(C)C)cc1)NCc1ccccc1OC(F)F. The molecule has 2 aromatic rings. The summed E-state index contributed by atoms with van der Waals surface area (Å²) in [5, 5.41) is 6.31. The van der Waals surface area contributed by atoms with Gasteiger partial charge in [-0.05, 0) is 30.7 Å². The molecule has 0 aliphatic carbocycles. The molecule has 0 unspecified atom stereocenters. The van der Waals surface area contributed by atoms with Crippen LogP contribution < -0.4 is 20.3 Å². The fraction of sp³-hybridized carbons (Fsp3) is 0.350. The van der Waals surface area contributed by atoms with E-state index in [-0.39, 0.29) is 5.75 Å². The zero-order chi connectivity index (χ0) is 19.6. The fourth-order valence-electron chi connectivity index (χ4n) is 2.45. The summed E-state index contributed by atoms with van der Waals surface area (Å²) in [6, 6.07) is 14.9. The van der Waals surface area contributed by atoms with Crippen molar-refractivity contribution in [2.45, 2.75) is 26.6 Å². The molecule has 0 aliphatic rings. The van der Waals surface area contributed by atoms with Gasteiger partial charge in [0, 0.05) is 38.4 Å². The molecule has 0 amide bonds. The Morgan fingerprint density at radius 2 is 1.78 bits per heavy atom. The Morgan fingerprint density at radius 1 is 1.07 bits per heavy atom. The van der Waals surface area contributed by atoms with Gasteiger partial charge >= 0.3 is 6.61 Å². The van der Waals surface area contributed by atoms with Gasteiger partial charge in [0.15, 0.2) is 5.96 Å². The minimum absolute atomic E-state index is 0.162. The molecular formula is C20H26F2N4O. The number of guanidine groups is 1. The van der Waals surface area contributed by atoms with Gasteiger partial charge in [0.25, 0.3) is 0 Å². The van der Waals surface area contributed by atoms with Crippen LogP contribution in [-0.2, 0) is 13.1 Å². The highest BCUT2D eigenvalue weighted by Crippen LogP contribution is 2.20. The van der Waals surface area contributed by atoms with Crippen LogP contribution in [-0.4, -0.2) is 33.2 Å². The Bertz CT molecular complexity index is 733. The summed E-state index contributed by atoms with van der Waals surface area (Å²) < 4.78 is 29.6. The van der Waals surface area contributed by atoms with Gasteiger partial charge in [-0.15, -0.1) is 0 Å². The van der Waals surface area contributed by atoms with Gasteiger partial charge in [-0.1, -0.05) is 30.3 Å². The number of aliphatic imine (C=N–C) groups is 1. The van der Waals surface area contributed by atoms with Crippen LogP contribution in [0.15, 0.2) is 53.5 Å². The van der Waals surface area contributed by atoms with E-state index in [4.69, 9.17) is 0 Å². The van der Waals surface area contributed by atoms with Gasteiger partial charge < -0.3 is 20.3 Å². The maximum atomic E-state index is 12.5. The molecule has 146 valence electrons. The number of hydrogen-bond donors (Lipinski definition) is 2. The van der Waals surface area contributed by atoms with Crippen molar-refractivity contribution in [2.24, 2.45) is 4.99 Å². The molecule has 7 heteroatoms. The van der Waals surface area contributed by atoms with Crippen molar-refractivity contribution < 1.29 is 13.5 Å². The zero-order valence-corrected chi connectivity index (χ0v) is 15.9. The predicted octanol–water partition coefficient (Wildman–Crippen LogP) is 3.61. The van der Waals surface area contributed by atoms with E-state index >= 15 is 0 Å². The van der Waals surface area contributed by atoms with Crippen molar-refractivity contribution in [1.29, 1.82) is 0 Å². The van der Waals surface area contributed by atoms with E-state index in [0.717, 1.165) is 11.3 Å². The highest BCUT2D eigenvalue weighted by molar-refractivity contribution is 5.79. The summed E-state index contributed by atoms with van der Waals surface area (Å²) in [5.41, 5.74) is 2.85. The van der Waals surface area contributed by atoms with E-state index in [2.05, 4.69) is 20.4 Å². The summed E-state index contributed by atoms with van der Waals surface area (Å²) in [6.45, 7) is 0.655. The Hall–Kier alpha value is -2.83. The van der Waals surface area contributed by atoms with Gasteiger partial charge in [-0.3, -0.25) is 0 Å². The lowest BCUT2D eigenvalue weighted by Gasteiger charge is -2.15. The molecule has 0 saturated heterocycles. The van der Waals surface area contributed by atoms with Gasteiger partial charge in [-0.25, -0.2) is 4.99 Å². The minimum atomic E-state index is -2.85. The highest BCUT2D eigenvalue weighted by Gasteiger charge is 2.09. The monoisotopic (exact) mass is 376 g/mol. The number of anilines is 1. The first-order valence-electron chi connectivity index (χ1n) is 8.80. The summed E-state index contributed by atoms with van der Waals surface area (Å²) in [4.78, 5) is 6.60.